The van der Waals surface area contributed by atoms with Gasteiger partial charge in [-0.2, -0.15) is 5.26 Å². The molecular weight excluding hydrogens is 449 g/mol. The molecule has 2 aromatic carbocycles. The Hall–Kier alpha value is -2.05. The largest absolute Gasteiger partial charge is 0.324 e. The third kappa shape index (κ3) is 3.96. The van der Waals surface area contributed by atoms with Crippen molar-refractivity contribution in [1.29, 1.82) is 5.26 Å². The molecule has 126 valence electrons. The molecular formula is C18H14IN3O2S. The Balaban J connectivity index is 1.74. The molecule has 1 atom stereocenters. The summed E-state index contributed by atoms with van der Waals surface area (Å²) in [6.07, 6.45) is 0. The molecule has 1 aliphatic heterocycles. The molecule has 0 aliphatic carbocycles. The van der Waals surface area contributed by atoms with Gasteiger partial charge in [0.15, 0.2) is 0 Å². The van der Waals surface area contributed by atoms with Crippen LogP contribution >= 0.6 is 34.4 Å². The highest BCUT2D eigenvalue weighted by atomic mass is 127. The molecule has 7 heteroatoms. The fourth-order valence-electron chi connectivity index (χ4n) is 2.50. The quantitative estimate of drug-likeness (QED) is 0.710. The Morgan fingerprint density at radius 2 is 1.92 bits per heavy atom. The zero-order chi connectivity index (χ0) is 17.8. The summed E-state index contributed by atoms with van der Waals surface area (Å²) >= 11 is 3.69. The highest BCUT2D eigenvalue weighted by Gasteiger charge is 2.35. The van der Waals surface area contributed by atoms with Gasteiger partial charge >= 0.3 is 0 Å². The second-order valence-corrected chi connectivity index (χ2v) is 7.61. The lowest BCUT2D eigenvalue weighted by molar-refractivity contribution is -0.119. The minimum absolute atomic E-state index is 0.130. The van der Waals surface area contributed by atoms with Gasteiger partial charge in [0.05, 0.1) is 23.1 Å². The maximum absolute atomic E-state index is 12.8. The van der Waals surface area contributed by atoms with Crippen molar-refractivity contribution in [3.8, 4) is 6.07 Å². The molecule has 1 N–H and O–H groups in total. The number of hydrogen-bond donors (Lipinski definition) is 1. The summed E-state index contributed by atoms with van der Waals surface area (Å²) in [6, 6.07) is 15.6. The van der Waals surface area contributed by atoms with Gasteiger partial charge < -0.3 is 10.2 Å². The van der Waals surface area contributed by atoms with Crippen LogP contribution in [0.5, 0.6) is 0 Å². The monoisotopic (exact) mass is 463 g/mol. The van der Waals surface area contributed by atoms with Crippen LogP contribution in [0.15, 0.2) is 48.5 Å². The van der Waals surface area contributed by atoms with E-state index in [1.807, 2.05) is 24.3 Å². The number of anilines is 1. The van der Waals surface area contributed by atoms with Crippen LogP contribution in [0, 0.1) is 14.9 Å². The molecule has 5 nitrogen and oxygen atoms in total. The Morgan fingerprint density at radius 1 is 1.20 bits per heavy atom. The number of amides is 2. The molecule has 1 aliphatic rings. The van der Waals surface area contributed by atoms with Crippen molar-refractivity contribution in [3.05, 3.63) is 63.2 Å². The Bertz CT molecular complexity index is 848. The van der Waals surface area contributed by atoms with Crippen LogP contribution in [0.4, 0.5) is 5.69 Å². The van der Waals surface area contributed by atoms with Crippen LogP contribution in [0.1, 0.15) is 15.9 Å². The molecule has 1 saturated heterocycles. The Labute approximate surface area is 163 Å². The first-order valence-electron chi connectivity index (χ1n) is 7.54. The molecule has 3 rings (SSSR count). The standard InChI is InChI=1S/C18H14IN3O2S/c19-15-4-2-1-3-14(15)18(24)22-11-25-10-16(22)17(23)21-13-7-5-12(9-20)6-8-13/h1-8,16H,10-11H2,(H,21,23). The number of halogens is 1. The van der Waals surface area contributed by atoms with E-state index in [0.29, 0.717) is 28.4 Å². The topological polar surface area (TPSA) is 73.2 Å². The molecule has 2 amide bonds. The van der Waals surface area contributed by atoms with Crippen molar-refractivity contribution < 1.29 is 9.59 Å². The SMILES string of the molecule is N#Cc1ccc(NC(=O)C2CSCN2C(=O)c2ccccc2I)cc1. The molecule has 1 fully saturated rings. The molecule has 1 heterocycles. The molecule has 2 aromatic rings. The van der Waals surface area contributed by atoms with Gasteiger partial charge in [-0.05, 0) is 59.0 Å². The van der Waals surface area contributed by atoms with E-state index in [1.165, 1.54) is 0 Å². The predicted octanol–water partition coefficient (Wildman–Crippen LogP) is 3.32. The highest BCUT2D eigenvalue weighted by molar-refractivity contribution is 14.1. The van der Waals surface area contributed by atoms with Crippen LogP contribution < -0.4 is 5.32 Å². The van der Waals surface area contributed by atoms with Gasteiger partial charge in [0.25, 0.3) is 5.91 Å². The number of carbonyl (C=O) groups excluding carboxylic acids is 2. The first-order valence-corrected chi connectivity index (χ1v) is 9.78. The average Bonchev–Trinajstić information content (AvgIpc) is 3.12. The lowest BCUT2D eigenvalue weighted by atomic mass is 10.1. The van der Waals surface area contributed by atoms with E-state index in [9.17, 15) is 9.59 Å². The van der Waals surface area contributed by atoms with Crippen LogP contribution in [0.2, 0.25) is 0 Å². The minimum atomic E-state index is -0.510. The number of hydrogen-bond acceptors (Lipinski definition) is 4. The summed E-state index contributed by atoms with van der Waals surface area (Å²) in [7, 11) is 0. The van der Waals surface area contributed by atoms with Gasteiger partial charge in [-0.3, -0.25) is 9.59 Å². The van der Waals surface area contributed by atoms with Crippen molar-refractivity contribution in [2.24, 2.45) is 0 Å². The first-order chi connectivity index (χ1) is 12.1. The van der Waals surface area contributed by atoms with Crippen molar-refractivity contribution in [3.63, 3.8) is 0 Å². The zero-order valence-corrected chi connectivity index (χ0v) is 16.1. The smallest absolute Gasteiger partial charge is 0.256 e. The minimum Gasteiger partial charge on any atom is -0.324 e. The maximum Gasteiger partial charge on any atom is 0.256 e. The van der Waals surface area contributed by atoms with Gasteiger partial charge in [0.1, 0.15) is 6.04 Å². The third-order valence-electron chi connectivity index (χ3n) is 3.83. The second kappa shape index (κ2) is 7.89. The first kappa shape index (κ1) is 17.8. The molecule has 0 spiro atoms. The number of carbonyl (C=O) groups is 2. The van der Waals surface area contributed by atoms with Gasteiger partial charge in [-0.1, -0.05) is 12.1 Å². The zero-order valence-electron chi connectivity index (χ0n) is 13.1. The number of nitrogens with zero attached hydrogens (tertiary/aromatic N) is 2. The summed E-state index contributed by atoms with van der Waals surface area (Å²) in [5, 5.41) is 11.7. The molecule has 25 heavy (non-hydrogen) atoms. The summed E-state index contributed by atoms with van der Waals surface area (Å²) in [6.45, 7) is 0. The van der Waals surface area contributed by atoms with Crippen molar-refractivity contribution in [2.75, 3.05) is 16.9 Å². The molecule has 1 unspecified atom stereocenters. The maximum atomic E-state index is 12.8. The summed E-state index contributed by atoms with van der Waals surface area (Å²) in [5.74, 6) is 0.718. The van der Waals surface area contributed by atoms with E-state index in [2.05, 4.69) is 27.9 Å². The van der Waals surface area contributed by atoms with Gasteiger partial charge in [0.2, 0.25) is 5.91 Å². The van der Waals surface area contributed by atoms with Crippen LogP contribution in [0.25, 0.3) is 0 Å². The highest BCUT2D eigenvalue weighted by Crippen LogP contribution is 2.26. The van der Waals surface area contributed by atoms with Crippen LogP contribution in [-0.4, -0.2) is 34.4 Å². The number of nitriles is 1. The number of thioether (sulfide) groups is 1. The number of nitrogens with one attached hydrogen (secondary N) is 1. The van der Waals surface area contributed by atoms with Crippen LogP contribution in [-0.2, 0) is 4.79 Å². The van der Waals surface area contributed by atoms with E-state index in [4.69, 9.17) is 5.26 Å². The van der Waals surface area contributed by atoms with Crippen molar-refractivity contribution in [1.82, 2.24) is 4.90 Å². The van der Waals surface area contributed by atoms with Crippen molar-refractivity contribution >= 4 is 51.9 Å². The molecule has 0 radical (unpaired) electrons. The van der Waals surface area contributed by atoms with E-state index < -0.39 is 6.04 Å². The molecule has 0 aromatic heterocycles. The van der Waals surface area contributed by atoms with E-state index in [0.717, 1.165) is 3.57 Å². The van der Waals surface area contributed by atoms with Gasteiger partial charge in [-0.15, -0.1) is 11.8 Å². The van der Waals surface area contributed by atoms with Crippen LogP contribution in [0.3, 0.4) is 0 Å². The van der Waals surface area contributed by atoms with E-state index >= 15 is 0 Å². The number of rotatable bonds is 3. The normalized spacial score (nSPS) is 16.3. The summed E-state index contributed by atoms with van der Waals surface area (Å²) < 4.78 is 0.869. The van der Waals surface area contributed by atoms with Gasteiger partial charge in [-0.25, -0.2) is 0 Å². The molecule has 0 bridgehead atoms. The average molecular weight is 463 g/mol. The summed E-state index contributed by atoms with van der Waals surface area (Å²) in [5.41, 5.74) is 1.76. The third-order valence-corrected chi connectivity index (χ3v) is 5.78. The lowest BCUT2D eigenvalue weighted by Gasteiger charge is -2.23. The fraction of sp³-hybridized carbons (Fsp3) is 0.167. The van der Waals surface area contributed by atoms with E-state index in [1.54, 1.807) is 47.0 Å². The van der Waals surface area contributed by atoms with Gasteiger partial charge in [0, 0.05) is 15.0 Å². The molecule has 0 saturated carbocycles. The van der Waals surface area contributed by atoms with Crippen molar-refractivity contribution in [2.45, 2.75) is 6.04 Å². The van der Waals surface area contributed by atoms with E-state index in [-0.39, 0.29) is 11.8 Å². The number of benzene rings is 2. The Morgan fingerprint density at radius 3 is 2.60 bits per heavy atom. The lowest BCUT2D eigenvalue weighted by Crippen LogP contribution is -2.44. The summed E-state index contributed by atoms with van der Waals surface area (Å²) in [4.78, 5) is 27.0. The predicted molar refractivity (Wildman–Crippen MR) is 106 cm³/mol. The second-order valence-electron chi connectivity index (χ2n) is 5.45. The fourth-order valence-corrected chi connectivity index (χ4v) is 4.28. The Kier molecular flexibility index (Phi) is 5.60.